The standard InChI is InChI=1S/C18H28O3/c1-10(2)14-8-7-11(3)9-18(14)20-16-13-6-4-5-12(13)15(16)17(19)21-18/h10-16H,4-9H2,1-3H3/t11-,12-,13+,14+,15+,16-,18-/m1/s1. The van der Waals surface area contributed by atoms with Crippen molar-refractivity contribution in [1.29, 1.82) is 0 Å². The lowest BCUT2D eigenvalue weighted by atomic mass is 9.62. The third-order valence-electron chi connectivity index (χ3n) is 6.72. The van der Waals surface area contributed by atoms with Gasteiger partial charge in [0.2, 0.25) is 5.79 Å². The van der Waals surface area contributed by atoms with E-state index in [1.165, 1.54) is 25.7 Å². The van der Waals surface area contributed by atoms with Gasteiger partial charge in [-0.2, -0.15) is 0 Å². The lowest BCUT2D eigenvalue weighted by molar-refractivity contribution is -0.359. The molecule has 1 saturated heterocycles. The molecule has 3 heteroatoms. The van der Waals surface area contributed by atoms with Gasteiger partial charge >= 0.3 is 5.97 Å². The second-order valence-electron chi connectivity index (χ2n) is 8.34. The number of rotatable bonds is 1. The average Bonchev–Trinajstić information content (AvgIpc) is 2.79. The van der Waals surface area contributed by atoms with E-state index < -0.39 is 5.79 Å². The molecule has 0 aromatic rings. The van der Waals surface area contributed by atoms with Crippen LogP contribution in [-0.4, -0.2) is 17.9 Å². The Morgan fingerprint density at radius 3 is 2.67 bits per heavy atom. The summed E-state index contributed by atoms with van der Waals surface area (Å²) >= 11 is 0. The smallest absolute Gasteiger partial charge is 0.314 e. The molecule has 118 valence electrons. The van der Waals surface area contributed by atoms with Crippen LogP contribution < -0.4 is 0 Å². The number of esters is 1. The monoisotopic (exact) mass is 292 g/mol. The molecule has 0 aromatic heterocycles. The minimum absolute atomic E-state index is 0.0492. The van der Waals surface area contributed by atoms with Crippen molar-refractivity contribution in [3.8, 4) is 0 Å². The van der Waals surface area contributed by atoms with Gasteiger partial charge in [-0.3, -0.25) is 4.79 Å². The van der Waals surface area contributed by atoms with Crippen LogP contribution in [0.25, 0.3) is 0 Å². The maximum atomic E-state index is 12.6. The zero-order valence-corrected chi connectivity index (χ0v) is 13.5. The SMILES string of the molecule is CC(C)[C@@H]1CC[C@@H](C)C[C@@]12OC(=O)[C@H]1[C@@H]3CCC[C@@H]3[C@H]1O2. The summed E-state index contributed by atoms with van der Waals surface area (Å²) in [6.45, 7) is 6.75. The molecule has 4 aliphatic rings. The van der Waals surface area contributed by atoms with Crippen molar-refractivity contribution < 1.29 is 14.3 Å². The predicted molar refractivity (Wildman–Crippen MR) is 79.4 cm³/mol. The van der Waals surface area contributed by atoms with Crippen LogP contribution >= 0.6 is 0 Å². The fraction of sp³-hybridized carbons (Fsp3) is 0.944. The van der Waals surface area contributed by atoms with Crippen LogP contribution in [0.4, 0.5) is 0 Å². The highest BCUT2D eigenvalue weighted by molar-refractivity contribution is 5.76. The van der Waals surface area contributed by atoms with Gasteiger partial charge in [-0.1, -0.05) is 27.2 Å². The summed E-state index contributed by atoms with van der Waals surface area (Å²) in [6.07, 6.45) is 7.10. The molecule has 0 N–H and O–H groups in total. The fourth-order valence-corrected chi connectivity index (χ4v) is 5.72. The molecule has 0 amide bonds. The van der Waals surface area contributed by atoms with Gasteiger partial charge in [0.25, 0.3) is 0 Å². The molecule has 7 atom stereocenters. The molecule has 4 fully saturated rings. The molecule has 4 rings (SSSR count). The number of fused-ring (bicyclic) bond motifs is 4. The largest absolute Gasteiger partial charge is 0.432 e. The number of carbonyl (C=O) groups excluding carboxylic acids is 1. The summed E-state index contributed by atoms with van der Waals surface area (Å²) in [5.41, 5.74) is 0. The minimum atomic E-state index is -0.613. The number of carbonyl (C=O) groups is 1. The van der Waals surface area contributed by atoms with Gasteiger partial charge in [0.05, 0.1) is 12.0 Å². The lowest BCUT2D eigenvalue weighted by Gasteiger charge is -2.58. The zero-order chi connectivity index (χ0) is 14.8. The van der Waals surface area contributed by atoms with Gasteiger partial charge < -0.3 is 9.47 Å². The Morgan fingerprint density at radius 1 is 1.14 bits per heavy atom. The van der Waals surface area contributed by atoms with E-state index in [-0.39, 0.29) is 18.0 Å². The Morgan fingerprint density at radius 2 is 1.90 bits per heavy atom. The molecule has 0 aromatic carbocycles. The van der Waals surface area contributed by atoms with Crippen molar-refractivity contribution in [2.45, 2.75) is 71.2 Å². The molecule has 3 nitrogen and oxygen atoms in total. The van der Waals surface area contributed by atoms with Gasteiger partial charge in [0.1, 0.15) is 0 Å². The van der Waals surface area contributed by atoms with E-state index in [1.807, 2.05) is 0 Å². The third kappa shape index (κ3) is 1.92. The minimum Gasteiger partial charge on any atom is -0.432 e. The Kier molecular flexibility index (Phi) is 3.15. The lowest BCUT2D eigenvalue weighted by Crippen LogP contribution is -2.66. The van der Waals surface area contributed by atoms with Crippen LogP contribution in [0, 0.1) is 35.5 Å². The molecule has 3 saturated carbocycles. The van der Waals surface area contributed by atoms with Gasteiger partial charge in [-0.25, -0.2) is 0 Å². The first-order valence-corrected chi connectivity index (χ1v) is 8.92. The Bertz CT molecular complexity index is 446. The van der Waals surface area contributed by atoms with Crippen molar-refractivity contribution >= 4 is 5.97 Å². The van der Waals surface area contributed by atoms with Crippen molar-refractivity contribution in [2.24, 2.45) is 35.5 Å². The first kappa shape index (κ1) is 14.0. The summed E-state index contributed by atoms with van der Waals surface area (Å²) in [7, 11) is 0. The van der Waals surface area contributed by atoms with E-state index in [9.17, 15) is 4.79 Å². The van der Waals surface area contributed by atoms with E-state index in [0.29, 0.717) is 29.6 Å². The maximum Gasteiger partial charge on any atom is 0.314 e. The van der Waals surface area contributed by atoms with Gasteiger partial charge in [0, 0.05) is 12.3 Å². The molecule has 3 aliphatic carbocycles. The topological polar surface area (TPSA) is 35.5 Å². The molecular weight excluding hydrogens is 264 g/mol. The van der Waals surface area contributed by atoms with E-state index in [0.717, 1.165) is 12.8 Å². The molecule has 1 heterocycles. The number of hydrogen-bond acceptors (Lipinski definition) is 3. The van der Waals surface area contributed by atoms with E-state index in [2.05, 4.69) is 20.8 Å². The highest BCUT2D eigenvalue weighted by Crippen LogP contribution is 2.59. The van der Waals surface area contributed by atoms with Crippen molar-refractivity contribution in [3.63, 3.8) is 0 Å². The van der Waals surface area contributed by atoms with Crippen LogP contribution in [0.3, 0.4) is 0 Å². The molecule has 1 aliphatic heterocycles. The molecule has 0 bridgehead atoms. The average molecular weight is 292 g/mol. The Labute approximate surface area is 127 Å². The second-order valence-corrected chi connectivity index (χ2v) is 8.34. The van der Waals surface area contributed by atoms with Gasteiger partial charge in [0.15, 0.2) is 0 Å². The Balaban J connectivity index is 1.63. The van der Waals surface area contributed by atoms with Crippen LogP contribution in [0.2, 0.25) is 0 Å². The molecular formula is C18H28O3. The first-order chi connectivity index (χ1) is 10.0. The zero-order valence-electron chi connectivity index (χ0n) is 13.5. The number of hydrogen-bond donors (Lipinski definition) is 0. The van der Waals surface area contributed by atoms with Gasteiger partial charge in [-0.05, 0) is 49.4 Å². The summed E-state index contributed by atoms with van der Waals surface area (Å²) in [6, 6.07) is 0. The number of ether oxygens (including phenoxy) is 2. The van der Waals surface area contributed by atoms with E-state index >= 15 is 0 Å². The summed E-state index contributed by atoms with van der Waals surface area (Å²) in [5.74, 6) is 2.12. The highest BCUT2D eigenvalue weighted by Gasteiger charge is 2.65. The van der Waals surface area contributed by atoms with Crippen LogP contribution in [0.15, 0.2) is 0 Å². The van der Waals surface area contributed by atoms with Crippen LogP contribution in [0.1, 0.15) is 59.3 Å². The molecule has 0 unspecified atom stereocenters. The van der Waals surface area contributed by atoms with Crippen molar-refractivity contribution in [1.82, 2.24) is 0 Å². The van der Waals surface area contributed by atoms with E-state index in [1.54, 1.807) is 0 Å². The molecule has 0 radical (unpaired) electrons. The van der Waals surface area contributed by atoms with E-state index in [4.69, 9.17) is 9.47 Å². The van der Waals surface area contributed by atoms with Crippen LogP contribution in [-0.2, 0) is 14.3 Å². The van der Waals surface area contributed by atoms with Crippen molar-refractivity contribution in [2.75, 3.05) is 0 Å². The summed E-state index contributed by atoms with van der Waals surface area (Å²) < 4.78 is 12.6. The Hall–Kier alpha value is -0.570. The summed E-state index contributed by atoms with van der Waals surface area (Å²) in [4.78, 5) is 12.6. The summed E-state index contributed by atoms with van der Waals surface area (Å²) in [5, 5.41) is 0. The molecule has 1 spiro atoms. The second kappa shape index (κ2) is 4.71. The maximum absolute atomic E-state index is 12.6. The fourth-order valence-electron chi connectivity index (χ4n) is 5.72. The van der Waals surface area contributed by atoms with Crippen LogP contribution in [0.5, 0.6) is 0 Å². The molecule has 21 heavy (non-hydrogen) atoms. The quantitative estimate of drug-likeness (QED) is 0.690. The third-order valence-corrected chi connectivity index (χ3v) is 6.72. The van der Waals surface area contributed by atoms with Gasteiger partial charge in [-0.15, -0.1) is 0 Å². The highest BCUT2D eigenvalue weighted by atomic mass is 16.7. The first-order valence-electron chi connectivity index (χ1n) is 8.92. The van der Waals surface area contributed by atoms with Crippen molar-refractivity contribution in [3.05, 3.63) is 0 Å². The predicted octanol–water partition coefficient (Wildman–Crippen LogP) is 3.76. The normalized spacial score (nSPS) is 52.3.